The molecule has 1 atom stereocenters. The van der Waals surface area contributed by atoms with Crippen molar-refractivity contribution in [1.29, 1.82) is 0 Å². The van der Waals surface area contributed by atoms with E-state index in [2.05, 4.69) is 4.98 Å². The highest BCUT2D eigenvalue weighted by molar-refractivity contribution is 7.71. The average Bonchev–Trinajstić information content (AvgIpc) is 3.43. The first-order chi connectivity index (χ1) is 11.7. The lowest BCUT2D eigenvalue weighted by atomic mass is 10.0. The minimum atomic E-state index is -0.0308. The van der Waals surface area contributed by atoms with E-state index in [0.29, 0.717) is 16.1 Å². The molecule has 1 aromatic heterocycles. The Labute approximate surface area is 144 Å². The number of nitrogens with one attached hydrogen (secondary N) is 1. The molecule has 122 valence electrons. The Bertz CT molecular complexity index is 1000. The zero-order valence-electron chi connectivity index (χ0n) is 13.4. The summed E-state index contributed by atoms with van der Waals surface area (Å²) in [5.41, 5.74) is 1.85. The van der Waals surface area contributed by atoms with Crippen molar-refractivity contribution >= 4 is 23.1 Å². The Balaban J connectivity index is 1.92. The molecule has 4 nitrogen and oxygen atoms in total. The van der Waals surface area contributed by atoms with Crippen molar-refractivity contribution in [3.8, 4) is 5.75 Å². The maximum absolute atomic E-state index is 13.1. The molecule has 0 radical (unpaired) electrons. The Morgan fingerprint density at radius 2 is 1.88 bits per heavy atom. The van der Waals surface area contributed by atoms with Gasteiger partial charge in [0.05, 0.1) is 24.1 Å². The number of nitrogens with zero attached hydrogens (tertiary/aromatic N) is 1. The highest BCUT2D eigenvalue weighted by Gasteiger charge is 2.35. The van der Waals surface area contributed by atoms with Gasteiger partial charge < -0.3 is 9.72 Å². The molecule has 1 aliphatic rings. The number of rotatable bonds is 4. The summed E-state index contributed by atoms with van der Waals surface area (Å²) in [6.45, 7) is 0. The van der Waals surface area contributed by atoms with Gasteiger partial charge in [0, 0.05) is 0 Å². The van der Waals surface area contributed by atoms with Gasteiger partial charge in [-0.2, -0.15) is 0 Å². The van der Waals surface area contributed by atoms with Gasteiger partial charge in [-0.25, -0.2) is 0 Å². The van der Waals surface area contributed by atoms with Crippen molar-refractivity contribution < 1.29 is 4.74 Å². The summed E-state index contributed by atoms with van der Waals surface area (Å²) in [7, 11) is 1.65. The van der Waals surface area contributed by atoms with Crippen LogP contribution in [0, 0.1) is 10.7 Å². The smallest absolute Gasteiger partial charge is 0.262 e. The summed E-state index contributed by atoms with van der Waals surface area (Å²) >= 11 is 5.52. The van der Waals surface area contributed by atoms with Gasteiger partial charge in [0.1, 0.15) is 5.75 Å². The molecule has 24 heavy (non-hydrogen) atoms. The number of ether oxygens (including phenoxy) is 1. The predicted octanol–water partition coefficient (Wildman–Crippen LogP) is 4.07. The predicted molar refractivity (Wildman–Crippen MR) is 97.2 cm³/mol. The van der Waals surface area contributed by atoms with Gasteiger partial charge in [0.25, 0.3) is 5.56 Å². The van der Waals surface area contributed by atoms with Gasteiger partial charge in [-0.3, -0.25) is 9.36 Å². The van der Waals surface area contributed by atoms with Gasteiger partial charge in [-0.05, 0) is 60.8 Å². The summed E-state index contributed by atoms with van der Waals surface area (Å²) in [6, 6.07) is 15.4. The third-order valence-corrected chi connectivity index (χ3v) is 4.94. The minimum Gasteiger partial charge on any atom is -0.497 e. The fourth-order valence-corrected chi connectivity index (χ4v) is 3.58. The molecule has 1 fully saturated rings. The Kier molecular flexibility index (Phi) is 3.73. The first-order valence-corrected chi connectivity index (χ1v) is 8.47. The van der Waals surface area contributed by atoms with Crippen LogP contribution in [-0.2, 0) is 0 Å². The van der Waals surface area contributed by atoms with Crippen LogP contribution in [-0.4, -0.2) is 16.7 Å². The van der Waals surface area contributed by atoms with E-state index in [0.717, 1.165) is 29.7 Å². The summed E-state index contributed by atoms with van der Waals surface area (Å²) in [5, 5.41) is 0.672. The zero-order valence-corrected chi connectivity index (χ0v) is 14.2. The third-order valence-electron chi connectivity index (χ3n) is 4.64. The topological polar surface area (TPSA) is 47.0 Å². The number of hydrogen-bond donors (Lipinski definition) is 1. The molecule has 1 saturated carbocycles. The molecule has 5 heteroatoms. The second-order valence-electron chi connectivity index (χ2n) is 6.21. The monoisotopic (exact) mass is 338 g/mol. The third kappa shape index (κ3) is 2.55. The minimum absolute atomic E-state index is 0.0259. The molecule has 0 saturated heterocycles. The van der Waals surface area contributed by atoms with E-state index in [9.17, 15) is 4.79 Å². The van der Waals surface area contributed by atoms with Gasteiger partial charge in [-0.15, -0.1) is 0 Å². The standard InChI is InChI=1S/C19H18N2O2S/c1-23-14-10-8-13(9-11-14)17(12-6-7-12)21-18(22)15-4-2-3-5-16(15)20-19(21)24/h2-5,8-12,17H,6-7H2,1H3,(H,20,24)/t17-/m0/s1. The van der Waals surface area contributed by atoms with Crippen LogP contribution in [0.4, 0.5) is 0 Å². The highest BCUT2D eigenvalue weighted by Crippen LogP contribution is 2.43. The second-order valence-corrected chi connectivity index (χ2v) is 6.59. The van der Waals surface area contributed by atoms with Crippen LogP contribution in [0.25, 0.3) is 10.9 Å². The van der Waals surface area contributed by atoms with E-state index < -0.39 is 0 Å². The van der Waals surface area contributed by atoms with E-state index in [4.69, 9.17) is 17.0 Å². The summed E-state index contributed by atoms with van der Waals surface area (Å²) in [5.74, 6) is 1.26. The molecule has 0 unspecified atom stereocenters. The van der Waals surface area contributed by atoms with Crippen LogP contribution >= 0.6 is 12.2 Å². The lowest BCUT2D eigenvalue weighted by Crippen LogP contribution is -2.28. The van der Waals surface area contributed by atoms with Crippen LogP contribution in [0.1, 0.15) is 24.4 Å². The molecule has 0 amide bonds. The molecule has 1 aliphatic carbocycles. The molecule has 0 spiro atoms. The lowest BCUT2D eigenvalue weighted by molar-refractivity contribution is 0.414. The van der Waals surface area contributed by atoms with Gasteiger partial charge in [-0.1, -0.05) is 24.3 Å². The van der Waals surface area contributed by atoms with E-state index in [1.54, 1.807) is 11.7 Å². The second kappa shape index (κ2) is 5.91. The van der Waals surface area contributed by atoms with E-state index in [-0.39, 0.29) is 11.6 Å². The molecular weight excluding hydrogens is 320 g/mol. The number of methoxy groups -OCH3 is 1. The van der Waals surface area contributed by atoms with Crippen LogP contribution in [0.15, 0.2) is 53.3 Å². The number of benzene rings is 2. The number of hydrogen-bond acceptors (Lipinski definition) is 3. The molecule has 1 N–H and O–H groups in total. The maximum Gasteiger partial charge on any atom is 0.262 e. The summed E-state index contributed by atoms with van der Waals surface area (Å²) in [6.07, 6.45) is 2.23. The molecule has 0 bridgehead atoms. The van der Waals surface area contributed by atoms with Crippen molar-refractivity contribution in [3.05, 3.63) is 69.2 Å². The number of aromatic nitrogens is 2. The number of fused-ring (bicyclic) bond motifs is 1. The van der Waals surface area contributed by atoms with Gasteiger partial charge in [0.15, 0.2) is 4.77 Å². The highest BCUT2D eigenvalue weighted by atomic mass is 32.1. The SMILES string of the molecule is COc1ccc([C@H](C2CC2)n2c(=S)[nH]c3ccccc3c2=O)cc1. The number of H-pyrrole nitrogens is 1. The van der Waals surface area contributed by atoms with E-state index in [1.165, 1.54) is 0 Å². The number of para-hydroxylation sites is 1. The molecule has 4 rings (SSSR count). The van der Waals surface area contributed by atoms with Crippen LogP contribution in [0.3, 0.4) is 0 Å². The molecule has 0 aliphatic heterocycles. The van der Waals surface area contributed by atoms with Crippen molar-refractivity contribution in [2.75, 3.05) is 7.11 Å². The van der Waals surface area contributed by atoms with Gasteiger partial charge >= 0.3 is 0 Å². The maximum atomic E-state index is 13.1. The average molecular weight is 338 g/mol. The van der Waals surface area contributed by atoms with Gasteiger partial charge in [0.2, 0.25) is 0 Å². The van der Waals surface area contributed by atoms with Crippen molar-refractivity contribution in [1.82, 2.24) is 9.55 Å². The number of aromatic amines is 1. The molecule has 1 heterocycles. The largest absolute Gasteiger partial charge is 0.497 e. The van der Waals surface area contributed by atoms with Crippen molar-refractivity contribution in [2.24, 2.45) is 5.92 Å². The van der Waals surface area contributed by atoms with Crippen molar-refractivity contribution in [3.63, 3.8) is 0 Å². The van der Waals surface area contributed by atoms with E-state index in [1.807, 2.05) is 48.5 Å². The zero-order chi connectivity index (χ0) is 16.7. The lowest BCUT2D eigenvalue weighted by Gasteiger charge is -2.21. The van der Waals surface area contributed by atoms with Crippen LogP contribution in [0.5, 0.6) is 5.75 Å². The fraction of sp³-hybridized carbons (Fsp3) is 0.263. The normalized spacial score (nSPS) is 15.4. The summed E-state index contributed by atoms with van der Waals surface area (Å²) in [4.78, 5) is 16.3. The van der Waals surface area contributed by atoms with E-state index >= 15 is 0 Å². The quantitative estimate of drug-likeness (QED) is 0.730. The van der Waals surface area contributed by atoms with Crippen LogP contribution < -0.4 is 10.3 Å². The first-order valence-electron chi connectivity index (χ1n) is 8.06. The molecular formula is C19H18N2O2S. The Hall–Kier alpha value is -2.40. The Morgan fingerprint density at radius 1 is 1.17 bits per heavy atom. The van der Waals surface area contributed by atoms with Crippen LogP contribution in [0.2, 0.25) is 0 Å². The molecule has 3 aromatic rings. The Morgan fingerprint density at radius 3 is 2.54 bits per heavy atom. The fourth-order valence-electron chi connectivity index (χ4n) is 3.27. The van der Waals surface area contributed by atoms with Crippen molar-refractivity contribution in [2.45, 2.75) is 18.9 Å². The molecule has 2 aromatic carbocycles. The first kappa shape index (κ1) is 15.1. The summed E-state index contributed by atoms with van der Waals surface area (Å²) < 4.78 is 7.47.